The normalized spacial score (nSPS) is 15.3. The summed E-state index contributed by atoms with van der Waals surface area (Å²) in [6, 6.07) is 4.05. The van der Waals surface area contributed by atoms with Gasteiger partial charge in [-0.15, -0.1) is 0 Å². The van der Waals surface area contributed by atoms with Crippen LogP contribution in [0.2, 0.25) is 0 Å². The molecule has 0 heterocycles. The lowest BCUT2D eigenvalue weighted by Gasteiger charge is -2.29. The number of carbonyl (C=O) groups is 1. The van der Waals surface area contributed by atoms with Gasteiger partial charge < -0.3 is 15.7 Å². The smallest absolute Gasteiger partial charge is 0.319 e. The second-order valence-corrected chi connectivity index (χ2v) is 5.46. The van der Waals surface area contributed by atoms with Crippen molar-refractivity contribution in [3.63, 3.8) is 0 Å². The standard InChI is InChI=1S/C15H23FN2O2/c1-5-11(3)15(4,20)9-17-14(19)18-13-7-6-10(2)8-12(13)16/h6-8,11,20H,5,9H2,1-4H3,(H2,17,18,19). The van der Waals surface area contributed by atoms with Crippen LogP contribution in [-0.2, 0) is 0 Å². The fourth-order valence-electron chi connectivity index (χ4n) is 1.76. The summed E-state index contributed by atoms with van der Waals surface area (Å²) in [5.41, 5.74) is -0.0813. The van der Waals surface area contributed by atoms with E-state index in [2.05, 4.69) is 10.6 Å². The molecule has 5 heteroatoms. The number of carbonyl (C=O) groups excluding carboxylic acids is 1. The van der Waals surface area contributed by atoms with Gasteiger partial charge in [-0.1, -0.05) is 26.3 Å². The molecule has 2 atom stereocenters. The van der Waals surface area contributed by atoms with Crippen LogP contribution in [0.15, 0.2) is 18.2 Å². The number of hydrogen-bond acceptors (Lipinski definition) is 2. The van der Waals surface area contributed by atoms with Crippen LogP contribution >= 0.6 is 0 Å². The SMILES string of the molecule is CCC(C)C(C)(O)CNC(=O)Nc1ccc(C)cc1F. The summed E-state index contributed by atoms with van der Waals surface area (Å²) in [5, 5.41) is 15.2. The molecule has 112 valence electrons. The topological polar surface area (TPSA) is 61.4 Å². The van der Waals surface area contributed by atoms with Gasteiger partial charge in [0.15, 0.2) is 0 Å². The Labute approximate surface area is 119 Å². The van der Waals surface area contributed by atoms with Crippen LogP contribution in [0.3, 0.4) is 0 Å². The van der Waals surface area contributed by atoms with Gasteiger partial charge in [0, 0.05) is 6.54 Å². The highest BCUT2D eigenvalue weighted by atomic mass is 19.1. The Morgan fingerprint density at radius 2 is 2.15 bits per heavy atom. The number of anilines is 1. The van der Waals surface area contributed by atoms with E-state index in [4.69, 9.17) is 0 Å². The molecular weight excluding hydrogens is 259 g/mol. The summed E-state index contributed by atoms with van der Waals surface area (Å²) >= 11 is 0. The fourth-order valence-corrected chi connectivity index (χ4v) is 1.76. The Morgan fingerprint density at radius 3 is 2.70 bits per heavy atom. The van der Waals surface area contributed by atoms with E-state index in [0.29, 0.717) is 0 Å². The highest BCUT2D eigenvalue weighted by molar-refractivity contribution is 5.89. The van der Waals surface area contributed by atoms with Crippen molar-refractivity contribution in [3.8, 4) is 0 Å². The average Bonchev–Trinajstić information content (AvgIpc) is 2.39. The molecule has 20 heavy (non-hydrogen) atoms. The number of nitrogens with one attached hydrogen (secondary N) is 2. The van der Waals surface area contributed by atoms with Crippen LogP contribution in [0.5, 0.6) is 0 Å². The Bertz CT molecular complexity index is 475. The highest BCUT2D eigenvalue weighted by Gasteiger charge is 2.27. The Morgan fingerprint density at radius 1 is 1.50 bits per heavy atom. The number of rotatable bonds is 5. The number of amides is 2. The predicted molar refractivity (Wildman–Crippen MR) is 78.2 cm³/mol. The molecule has 2 unspecified atom stereocenters. The molecule has 0 fully saturated rings. The van der Waals surface area contributed by atoms with E-state index in [1.807, 2.05) is 13.8 Å². The number of hydrogen-bond donors (Lipinski definition) is 3. The zero-order valence-corrected chi connectivity index (χ0v) is 12.5. The van der Waals surface area contributed by atoms with Gasteiger partial charge in [0.1, 0.15) is 5.82 Å². The van der Waals surface area contributed by atoms with Crippen LogP contribution in [0, 0.1) is 18.7 Å². The molecule has 0 aromatic heterocycles. The molecule has 0 bridgehead atoms. The molecule has 0 aliphatic carbocycles. The van der Waals surface area contributed by atoms with Gasteiger partial charge in [0.25, 0.3) is 0 Å². The minimum atomic E-state index is -0.988. The maximum Gasteiger partial charge on any atom is 0.319 e. The Hall–Kier alpha value is -1.62. The lowest BCUT2D eigenvalue weighted by molar-refractivity contribution is 0.00827. The van der Waals surface area contributed by atoms with E-state index in [1.165, 1.54) is 12.1 Å². The molecule has 0 saturated carbocycles. The maximum absolute atomic E-state index is 13.6. The molecule has 0 aliphatic rings. The van der Waals surface area contributed by atoms with E-state index in [1.54, 1.807) is 19.9 Å². The summed E-state index contributed by atoms with van der Waals surface area (Å²) in [6.45, 7) is 7.45. The van der Waals surface area contributed by atoms with Crippen molar-refractivity contribution in [1.82, 2.24) is 5.32 Å². The molecule has 0 saturated heterocycles. The van der Waals surface area contributed by atoms with E-state index >= 15 is 0 Å². The van der Waals surface area contributed by atoms with E-state index in [9.17, 15) is 14.3 Å². The van der Waals surface area contributed by atoms with Crippen LogP contribution < -0.4 is 10.6 Å². The zero-order chi connectivity index (χ0) is 15.3. The molecule has 3 N–H and O–H groups in total. The summed E-state index contributed by atoms with van der Waals surface area (Å²) in [7, 11) is 0. The lowest BCUT2D eigenvalue weighted by Crippen LogP contribution is -2.46. The number of halogens is 1. The number of aliphatic hydroxyl groups is 1. The van der Waals surface area contributed by atoms with Crippen molar-refractivity contribution in [1.29, 1.82) is 0 Å². The molecule has 1 aromatic rings. The predicted octanol–water partition coefficient (Wildman–Crippen LogP) is 3.05. The molecule has 1 aromatic carbocycles. The van der Waals surface area contributed by atoms with Crippen molar-refractivity contribution in [2.24, 2.45) is 5.92 Å². The number of aryl methyl sites for hydroxylation is 1. The monoisotopic (exact) mass is 282 g/mol. The van der Waals surface area contributed by atoms with Crippen molar-refractivity contribution in [2.75, 3.05) is 11.9 Å². The largest absolute Gasteiger partial charge is 0.388 e. The van der Waals surface area contributed by atoms with Crippen molar-refractivity contribution in [2.45, 2.75) is 39.7 Å². The first-order valence-corrected chi connectivity index (χ1v) is 6.79. The van der Waals surface area contributed by atoms with Crippen LogP contribution in [0.25, 0.3) is 0 Å². The van der Waals surface area contributed by atoms with E-state index < -0.39 is 17.4 Å². The van der Waals surface area contributed by atoms with Crippen molar-refractivity contribution >= 4 is 11.7 Å². The second-order valence-electron chi connectivity index (χ2n) is 5.46. The molecule has 0 radical (unpaired) electrons. The van der Waals surface area contributed by atoms with Crippen molar-refractivity contribution in [3.05, 3.63) is 29.6 Å². The second kappa shape index (κ2) is 6.70. The third-order valence-corrected chi connectivity index (χ3v) is 3.65. The van der Waals surface area contributed by atoms with E-state index in [0.717, 1.165) is 12.0 Å². The maximum atomic E-state index is 13.6. The third kappa shape index (κ3) is 4.49. The average molecular weight is 282 g/mol. The first-order valence-electron chi connectivity index (χ1n) is 6.79. The van der Waals surface area contributed by atoms with Gasteiger partial charge in [-0.2, -0.15) is 0 Å². The summed E-state index contributed by atoms with van der Waals surface area (Å²) < 4.78 is 13.6. The molecular formula is C15H23FN2O2. The third-order valence-electron chi connectivity index (χ3n) is 3.65. The number of urea groups is 1. The first kappa shape index (κ1) is 16.4. The number of benzene rings is 1. The summed E-state index contributed by atoms with van der Waals surface area (Å²) in [6.07, 6.45) is 0.808. The molecule has 0 aliphatic heterocycles. The van der Waals surface area contributed by atoms with Gasteiger partial charge in [0.2, 0.25) is 0 Å². The van der Waals surface area contributed by atoms with Gasteiger partial charge in [-0.05, 0) is 37.5 Å². The minimum absolute atomic E-state index is 0.0545. The Balaban J connectivity index is 2.56. The van der Waals surface area contributed by atoms with Crippen LogP contribution in [0.1, 0.15) is 32.8 Å². The molecule has 1 rings (SSSR count). The van der Waals surface area contributed by atoms with Gasteiger partial charge in [-0.3, -0.25) is 0 Å². The molecule has 0 spiro atoms. The Kier molecular flexibility index (Phi) is 5.51. The zero-order valence-electron chi connectivity index (χ0n) is 12.5. The van der Waals surface area contributed by atoms with Gasteiger partial charge >= 0.3 is 6.03 Å². The summed E-state index contributed by atoms with van der Waals surface area (Å²) in [4.78, 5) is 11.7. The quantitative estimate of drug-likeness (QED) is 0.777. The highest BCUT2D eigenvalue weighted by Crippen LogP contribution is 2.19. The minimum Gasteiger partial charge on any atom is -0.388 e. The fraction of sp³-hybridized carbons (Fsp3) is 0.533. The molecule has 4 nitrogen and oxygen atoms in total. The van der Waals surface area contributed by atoms with Gasteiger partial charge in [-0.25, -0.2) is 9.18 Å². The van der Waals surface area contributed by atoms with Crippen molar-refractivity contribution < 1.29 is 14.3 Å². The van der Waals surface area contributed by atoms with Crippen LogP contribution in [0.4, 0.5) is 14.9 Å². The van der Waals surface area contributed by atoms with Gasteiger partial charge in [0.05, 0.1) is 11.3 Å². The lowest BCUT2D eigenvalue weighted by atomic mass is 9.89. The summed E-state index contributed by atoms with van der Waals surface area (Å²) in [5.74, 6) is -0.423. The first-order chi connectivity index (χ1) is 9.26. The van der Waals surface area contributed by atoms with E-state index in [-0.39, 0.29) is 18.2 Å². The van der Waals surface area contributed by atoms with Crippen LogP contribution in [-0.4, -0.2) is 23.3 Å². The molecule has 2 amide bonds.